The first-order valence-corrected chi connectivity index (χ1v) is 2.39. The van der Waals surface area contributed by atoms with Crippen molar-refractivity contribution in [2.45, 2.75) is 0 Å². The normalized spacial score (nSPS) is 15.9. The molecule has 1 aliphatic carbocycles. The van der Waals surface area contributed by atoms with Crippen molar-refractivity contribution in [3.63, 3.8) is 0 Å². The number of hydrogen-bond acceptors (Lipinski definition) is 0. The van der Waals surface area contributed by atoms with Gasteiger partial charge >= 0.3 is 0 Å². The number of rotatable bonds is 0. The Balaban J connectivity index is 2.82. The van der Waals surface area contributed by atoms with Crippen molar-refractivity contribution in [3.05, 3.63) is 35.4 Å². The van der Waals surface area contributed by atoms with Crippen molar-refractivity contribution in [2.24, 2.45) is 0 Å². The highest BCUT2D eigenvalue weighted by Crippen LogP contribution is 2.05. The molecule has 0 radical (unpaired) electrons. The highest BCUT2D eigenvalue weighted by Gasteiger charge is 1.94. The lowest BCUT2D eigenvalue weighted by Gasteiger charge is -1.74. The lowest BCUT2D eigenvalue weighted by atomic mass is 10.3. The van der Waals surface area contributed by atoms with Gasteiger partial charge < -0.3 is 0 Å². The van der Waals surface area contributed by atoms with Crippen LogP contribution in [0.2, 0.25) is 0 Å². The van der Waals surface area contributed by atoms with Gasteiger partial charge in [0.2, 0.25) is 5.03 Å². The predicted molar refractivity (Wildman–Crippen MR) is 30.9 cm³/mol. The van der Waals surface area contributed by atoms with E-state index in [9.17, 15) is 0 Å². The zero-order valence-electron chi connectivity index (χ0n) is 3.69. The van der Waals surface area contributed by atoms with E-state index in [1.807, 2.05) is 12.2 Å². The smallest absolute Gasteiger partial charge is 0.0427 e. The van der Waals surface area contributed by atoms with Crippen LogP contribution >= 0.6 is 11.6 Å². The minimum atomic E-state index is 0.669. The Morgan fingerprint density at radius 3 is 2.57 bits per heavy atom. The molecule has 7 heavy (non-hydrogen) atoms. The van der Waals surface area contributed by atoms with Gasteiger partial charge in [-0.05, 0) is 11.6 Å². The van der Waals surface area contributed by atoms with Gasteiger partial charge in [-0.1, -0.05) is 0 Å². The Morgan fingerprint density at radius 1 is 1.43 bits per heavy atom. The first kappa shape index (κ1) is 4.58. The van der Waals surface area contributed by atoms with Gasteiger partial charge in [0.25, 0.3) is 0 Å². The molecule has 0 nitrogen and oxygen atoms in total. The van der Waals surface area contributed by atoms with Crippen molar-refractivity contribution in [2.75, 3.05) is 0 Å². The molecule has 0 amide bonds. The standard InChI is InChI=1S/C6H4Cl/c7-6-4-2-1-3-5-6/h1-4H/q+1/i7+2. The van der Waals surface area contributed by atoms with E-state index in [0.717, 1.165) is 0 Å². The van der Waals surface area contributed by atoms with E-state index in [-0.39, 0.29) is 0 Å². The fraction of sp³-hybridized carbons (Fsp3) is 0. The maximum absolute atomic E-state index is 5.48. The quantitative estimate of drug-likeness (QED) is 0.421. The highest BCUT2D eigenvalue weighted by atomic mass is 37.0. The van der Waals surface area contributed by atoms with Crippen molar-refractivity contribution < 1.29 is 0 Å². The molecule has 0 aliphatic heterocycles. The first-order chi connectivity index (χ1) is 3.39. The molecule has 0 heterocycles. The van der Waals surface area contributed by atoms with E-state index in [4.69, 9.17) is 11.6 Å². The van der Waals surface area contributed by atoms with Gasteiger partial charge in [-0.25, -0.2) is 0 Å². The Kier molecular flexibility index (Phi) is 1.26. The SMILES string of the molecule is [37Cl]C1=CC=CC=[C+]1. The van der Waals surface area contributed by atoms with E-state index in [1.165, 1.54) is 0 Å². The maximum Gasteiger partial charge on any atom is 0.204 e. The molecule has 0 unspecified atom stereocenters. The molecule has 0 saturated heterocycles. The Labute approximate surface area is 47.8 Å². The van der Waals surface area contributed by atoms with Crippen molar-refractivity contribution in [3.8, 4) is 0 Å². The van der Waals surface area contributed by atoms with Gasteiger partial charge in [0.05, 0.1) is 18.2 Å². The summed E-state index contributed by atoms with van der Waals surface area (Å²) in [4.78, 5) is 0. The van der Waals surface area contributed by atoms with Gasteiger partial charge in [0.1, 0.15) is 6.08 Å². The summed E-state index contributed by atoms with van der Waals surface area (Å²) in [5, 5.41) is 0.669. The van der Waals surface area contributed by atoms with Gasteiger partial charge in [0, 0.05) is 6.08 Å². The van der Waals surface area contributed by atoms with Crippen LogP contribution in [0.25, 0.3) is 0 Å². The topological polar surface area (TPSA) is 0 Å². The van der Waals surface area contributed by atoms with Gasteiger partial charge in [-0.3, -0.25) is 0 Å². The number of halogens is 1. The van der Waals surface area contributed by atoms with Crippen molar-refractivity contribution >= 4 is 11.6 Å². The van der Waals surface area contributed by atoms with Crippen molar-refractivity contribution in [1.29, 1.82) is 0 Å². The monoisotopic (exact) mass is 113 g/mol. The molecular formula is C6H4Cl+. The molecule has 0 atom stereocenters. The second-order valence-corrected chi connectivity index (χ2v) is 1.62. The Morgan fingerprint density at radius 2 is 2.29 bits per heavy atom. The van der Waals surface area contributed by atoms with Gasteiger partial charge in [0.15, 0.2) is 0 Å². The van der Waals surface area contributed by atoms with Crippen LogP contribution in [-0.4, -0.2) is 0 Å². The Hall–Kier alpha value is -0.580. The molecular weight excluding hydrogens is 109 g/mol. The number of hydrogen-bond donors (Lipinski definition) is 0. The lowest BCUT2D eigenvalue weighted by Crippen LogP contribution is -1.66. The van der Waals surface area contributed by atoms with E-state index >= 15 is 0 Å². The average Bonchev–Trinajstić information content (AvgIpc) is 1.69. The summed E-state index contributed by atoms with van der Waals surface area (Å²) in [6.07, 6.45) is 10.1. The molecule has 34 valence electrons. The first-order valence-electron chi connectivity index (χ1n) is 2.02. The van der Waals surface area contributed by atoms with Crippen LogP contribution in [0.15, 0.2) is 29.3 Å². The van der Waals surface area contributed by atoms with Crippen LogP contribution in [0.1, 0.15) is 0 Å². The summed E-state index contributed by atoms with van der Waals surface area (Å²) >= 11 is 5.48. The predicted octanol–water partition coefficient (Wildman–Crippen LogP) is 2.04. The summed E-state index contributed by atoms with van der Waals surface area (Å²) in [6, 6.07) is 0. The summed E-state index contributed by atoms with van der Waals surface area (Å²) < 4.78 is 0. The van der Waals surface area contributed by atoms with Crippen LogP contribution < -0.4 is 0 Å². The summed E-state index contributed by atoms with van der Waals surface area (Å²) in [5.41, 5.74) is 0. The lowest BCUT2D eigenvalue weighted by molar-refractivity contribution is 1.70. The highest BCUT2D eigenvalue weighted by molar-refractivity contribution is 6.30. The van der Waals surface area contributed by atoms with Crippen LogP contribution in [0.5, 0.6) is 0 Å². The fourth-order valence-electron chi connectivity index (χ4n) is 0.371. The molecule has 0 fully saturated rings. The zero-order valence-corrected chi connectivity index (χ0v) is 4.44. The van der Waals surface area contributed by atoms with E-state index in [0.29, 0.717) is 5.03 Å². The minimum Gasteiger partial charge on any atom is -0.0427 e. The van der Waals surface area contributed by atoms with E-state index in [1.54, 1.807) is 12.2 Å². The average molecular weight is 113 g/mol. The van der Waals surface area contributed by atoms with E-state index in [2.05, 4.69) is 6.08 Å². The molecule has 0 spiro atoms. The molecule has 0 aromatic carbocycles. The van der Waals surface area contributed by atoms with Gasteiger partial charge in [-0.2, -0.15) is 0 Å². The third kappa shape index (κ3) is 1.15. The van der Waals surface area contributed by atoms with Crippen molar-refractivity contribution in [1.82, 2.24) is 0 Å². The third-order valence-electron chi connectivity index (χ3n) is 0.671. The largest absolute Gasteiger partial charge is 0.204 e. The molecule has 0 saturated carbocycles. The molecule has 1 heteroatoms. The van der Waals surface area contributed by atoms with Crippen LogP contribution in [0, 0.1) is 6.08 Å². The van der Waals surface area contributed by atoms with E-state index < -0.39 is 0 Å². The summed E-state index contributed by atoms with van der Waals surface area (Å²) in [5.74, 6) is 0. The second-order valence-electron chi connectivity index (χ2n) is 1.21. The van der Waals surface area contributed by atoms with Crippen LogP contribution in [0.4, 0.5) is 0 Å². The van der Waals surface area contributed by atoms with Gasteiger partial charge in [-0.15, -0.1) is 0 Å². The molecule has 1 aliphatic rings. The third-order valence-corrected chi connectivity index (χ3v) is 0.906. The molecule has 0 aromatic heterocycles. The number of allylic oxidation sites excluding steroid dienone is 6. The molecule has 0 aromatic rings. The minimum absolute atomic E-state index is 0.669. The zero-order chi connectivity index (χ0) is 5.11. The second kappa shape index (κ2) is 1.92. The summed E-state index contributed by atoms with van der Waals surface area (Å²) in [6.45, 7) is 0. The fourth-order valence-corrected chi connectivity index (χ4v) is 0.507. The molecule has 0 bridgehead atoms. The molecule has 1 rings (SSSR count). The molecule has 0 N–H and O–H groups in total. The Bertz CT molecular complexity index is 140. The maximum atomic E-state index is 5.48. The van der Waals surface area contributed by atoms with Crippen LogP contribution in [-0.2, 0) is 0 Å². The van der Waals surface area contributed by atoms with Crippen LogP contribution in [0.3, 0.4) is 0 Å². The summed E-state index contributed by atoms with van der Waals surface area (Å²) in [7, 11) is 0.